The molecule has 4 rings (SSSR count). The Labute approximate surface area is 147 Å². The molecule has 0 radical (unpaired) electrons. The van der Waals surface area contributed by atoms with Crippen LogP contribution in [0.15, 0.2) is 30.5 Å². The van der Waals surface area contributed by atoms with E-state index in [0.717, 1.165) is 42.6 Å². The molecule has 2 aromatic rings. The Kier molecular flexibility index (Phi) is 4.21. The summed E-state index contributed by atoms with van der Waals surface area (Å²) in [5, 5.41) is 7.57. The molecule has 0 bridgehead atoms. The van der Waals surface area contributed by atoms with E-state index in [1.807, 2.05) is 25.1 Å². The summed E-state index contributed by atoms with van der Waals surface area (Å²) in [6.45, 7) is 4.07. The molecular weight excluding hydrogens is 316 g/mol. The fourth-order valence-electron chi connectivity index (χ4n) is 3.49. The summed E-state index contributed by atoms with van der Waals surface area (Å²) in [5.41, 5.74) is 2.39. The lowest BCUT2D eigenvalue weighted by molar-refractivity contribution is 0.0932. The molecule has 1 aromatic carbocycles. The quantitative estimate of drug-likeness (QED) is 0.906. The molecule has 25 heavy (non-hydrogen) atoms. The average Bonchev–Trinajstić information content (AvgIpc) is 3.16. The lowest BCUT2D eigenvalue weighted by atomic mass is 10.2. The van der Waals surface area contributed by atoms with Crippen molar-refractivity contribution in [3.63, 3.8) is 0 Å². The van der Waals surface area contributed by atoms with Crippen LogP contribution < -0.4 is 10.1 Å². The lowest BCUT2D eigenvalue weighted by Crippen LogP contribution is -2.37. The third kappa shape index (κ3) is 3.39. The second kappa shape index (κ2) is 6.52. The molecule has 6 nitrogen and oxygen atoms in total. The van der Waals surface area contributed by atoms with Gasteiger partial charge in [0.05, 0.1) is 7.11 Å². The smallest absolute Gasteiger partial charge is 0.272 e. The zero-order valence-electron chi connectivity index (χ0n) is 14.7. The Morgan fingerprint density at radius 1 is 1.28 bits per heavy atom. The van der Waals surface area contributed by atoms with Crippen LogP contribution in [0.1, 0.15) is 35.3 Å². The number of amides is 1. The van der Waals surface area contributed by atoms with Crippen molar-refractivity contribution in [2.24, 2.45) is 0 Å². The van der Waals surface area contributed by atoms with E-state index in [1.165, 1.54) is 12.8 Å². The Morgan fingerprint density at radius 3 is 2.88 bits per heavy atom. The Balaban J connectivity index is 1.45. The molecular formula is C19H24N4O2. The molecule has 1 aliphatic heterocycles. The van der Waals surface area contributed by atoms with Gasteiger partial charge in [0.2, 0.25) is 0 Å². The molecule has 2 heterocycles. The first-order chi connectivity index (χ1) is 12.1. The standard InChI is InChI=1S/C19H24N4O2/c1-13-3-6-18(25-2)17(11-13)23-10-8-16(21-23)19(24)20-14-7-9-22(12-14)15-4-5-15/h3,6,8,10-11,14-15H,4-5,7,9,12H2,1-2H3,(H,20,24). The highest BCUT2D eigenvalue weighted by Gasteiger charge is 2.35. The van der Waals surface area contributed by atoms with Crippen LogP contribution in [0.4, 0.5) is 0 Å². The van der Waals surface area contributed by atoms with Gasteiger partial charge in [0.1, 0.15) is 11.4 Å². The van der Waals surface area contributed by atoms with Crippen molar-refractivity contribution < 1.29 is 9.53 Å². The van der Waals surface area contributed by atoms with E-state index in [9.17, 15) is 4.79 Å². The maximum Gasteiger partial charge on any atom is 0.272 e. The minimum atomic E-state index is -0.104. The number of methoxy groups -OCH3 is 1. The monoisotopic (exact) mass is 340 g/mol. The largest absolute Gasteiger partial charge is 0.494 e. The number of nitrogens with one attached hydrogen (secondary N) is 1. The number of hydrogen-bond acceptors (Lipinski definition) is 4. The number of aromatic nitrogens is 2. The van der Waals surface area contributed by atoms with Gasteiger partial charge in [-0.3, -0.25) is 9.69 Å². The van der Waals surface area contributed by atoms with Crippen molar-refractivity contribution in [3.05, 3.63) is 41.7 Å². The zero-order chi connectivity index (χ0) is 17.4. The van der Waals surface area contributed by atoms with Crippen molar-refractivity contribution >= 4 is 5.91 Å². The summed E-state index contributed by atoms with van der Waals surface area (Å²) >= 11 is 0. The van der Waals surface area contributed by atoms with E-state index in [2.05, 4.69) is 15.3 Å². The summed E-state index contributed by atoms with van der Waals surface area (Å²) in [4.78, 5) is 15.0. The van der Waals surface area contributed by atoms with Crippen molar-refractivity contribution in [1.29, 1.82) is 0 Å². The van der Waals surface area contributed by atoms with Crippen molar-refractivity contribution in [3.8, 4) is 11.4 Å². The predicted molar refractivity (Wildman–Crippen MR) is 95.3 cm³/mol. The van der Waals surface area contributed by atoms with E-state index in [-0.39, 0.29) is 11.9 Å². The molecule has 2 aliphatic rings. The minimum Gasteiger partial charge on any atom is -0.494 e. The van der Waals surface area contributed by atoms with Crippen LogP contribution in [-0.4, -0.2) is 52.9 Å². The second-order valence-corrected chi connectivity index (χ2v) is 7.01. The summed E-state index contributed by atoms with van der Waals surface area (Å²) < 4.78 is 7.11. The van der Waals surface area contributed by atoms with Crippen molar-refractivity contribution in [2.45, 2.75) is 38.3 Å². The molecule has 1 atom stereocenters. The van der Waals surface area contributed by atoms with Crippen molar-refractivity contribution in [2.75, 3.05) is 20.2 Å². The molecule has 1 N–H and O–H groups in total. The molecule has 1 aromatic heterocycles. The van der Waals surface area contributed by atoms with Gasteiger partial charge in [0.25, 0.3) is 5.91 Å². The number of carbonyl (C=O) groups excluding carboxylic acids is 1. The van der Waals surface area contributed by atoms with Crippen LogP contribution in [0.25, 0.3) is 5.69 Å². The van der Waals surface area contributed by atoms with Gasteiger partial charge < -0.3 is 10.1 Å². The first-order valence-electron chi connectivity index (χ1n) is 8.89. The minimum absolute atomic E-state index is 0.104. The zero-order valence-corrected chi connectivity index (χ0v) is 14.7. The van der Waals surface area contributed by atoms with E-state index in [0.29, 0.717) is 5.69 Å². The summed E-state index contributed by atoms with van der Waals surface area (Å²) in [7, 11) is 1.64. The Bertz CT molecular complexity index is 781. The van der Waals surface area contributed by atoms with Gasteiger partial charge >= 0.3 is 0 Å². The van der Waals surface area contributed by atoms with Gasteiger partial charge in [-0.1, -0.05) is 6.07 Å². The number of hydrogen-bond donors (Lipinski definition) is 1. The van der Waals surface area contributed by atoms with Crippen LogP contribution in [-0.2, 0) is 0 Å². The van der Waals surface area contributed by atoms with Crippen LogP contribution in [0.5, 0.6) is 5.75 Å². The predicted octanol–water partition coefficient (Wildman–Crippen LogP) is 2.16. The topological polar surface area (TPSA) is 59.4 Å². The number of nitrogens with zero attached hydrogens (tertiary/aromatic N) is 3. The lowest BCUT2D eigenvalue weighted by Gasteiger charge is -2.15. The fraction of sp³-hybridized carbons (Fsp3) is 0.474. The maximum absolute atomic E-state index is 12.5. The molecule has 6 heteroatoms. The Hall–Kier alpha value is -2.34. The van der Waals surface area contributed by atoms with Gasteiger partial charge in [0.15, 0.2) is 5.69 Å². The normalized spacial score (nSPS) is 20.6. The molecule has 1 aliphatic carbocycles. The van der Waals surface area contributed by atoms with E-state index < -0.39 is 0 Å². The van der Waals surface area contributed by atoms with Crippen molar-refractivity contribution in [1.82, 2.24) is 20.0 Å². The van der Waals surface area contributed by atoms with Crippen LogP contribution >= 0.6 is 0 Å². The number of likely N-dealkylation sites (tertiary alicyclic amines) is 1. The third-order valence-corrected chi connectivity index (χ3v) is 5.02. The first kappa shape index (κ1) is 16.1. The number of benzene rings is 1. The van der Waals surface area contributed by atoms with Crippen LogP contribution in [0.2, 0.25) is 0 Å². The number of aryl methyl sites for hydroxylation is 1. The Morgan fingerprint density at radius 2 is 2.12 bits per heavy atom. The van der Waals surface area contributed by atoms with Gasteiger partial charge in [-0.25, -0.2) is 4.68 Å². The molecule has 1 saturated carbocycles. The SMILES string of the molecule is COc1ccc(C)cc1-n1ccc(C(=O)NC2CCN(C3CC3)C2)n1. The number of rotatable bonds is 5. The average molecular weight is 340 g/mol. The molecule has 132 valence electrons. The highest BCUT2D eigenvalue weighted by Crippen LogP contribution is 2.30. The van der Waals surface area contributed by atoms with Gasteiger partial charge in [-0.15, -0.1) is 0 Å². The number of ether oxygens (including phenoxy) is 1. The highest BCUT2D eigenvalue weighted by molar-refractivity contribution is 5.92. The van der Waals surface area contributed by atoms with Crippen LogP contribution in [0.3, 0.4) is 0 Å². The van der Waals surface area contributed by atoms with Gasteiger partial charge in [-0.05, 0) is 49.9 Å². The summed E-state index contributed by atoms with van der Waals surface area (Å²) in [6, 6.07) is 8.65. The van der Waals surface area contributed by atoms with E-state index >= 15 is 0 Å². The summed E-state index contributed by atoms with van der Waals surface area (Å²) in [5.74, 6) is 0.629. The molecule has 1 saturated heterocycles. The highest BCUT2D eigenvalue weighted by atomic mass is 16.5. The molecule has 1 amide bonds. The molecule has 0 spiro atoms. The van der Waals surface area contributed by atoms with E-state index in [1.54, 1.807) is 24.1 Å². The van der Waals surface area contributed by atoms with Gasteiger partial charge in [0, 0.05) is 31.4 Å². The molecule has 1 unspecified atom stereocenters. The van der Waals surface area contributed by atoms with Crippen LogP contribution in [0, 0.1) is 6.92 Å². The third-order valence-electron chi connectivity index (χ3n) is 5.02. The summed E-state index contributed by atoms with van der Waals surface area (Å²) in [6.07, 6.45) is 5.44. The number of carbonyl (C=O) groups is 1. The fourth-order valence-corrected chi connectivity index (χ4v) is 3.49. The van der Waals surface area contributed by atoms with E-state index in [4.69, 9.17) is 4.74 Å². The van der Waals surface area contributed by atoms with Gasteiger partial charge in [-0.2, -0.15) is 5.10 Å². The molecule has 2 fully saturated rings. The maximum atomic E-state index is 12.5. The first-order valence-corrected chi connectivity index (χ1v) is 8.89. The second-order valence-electron chi connectivity index (χ2n) is 7.01.